The number of halogens is 2. The Kier molecular flexibility index (Phi) is 4.73. The van der Waals surface area contributed by atoms with Gasteiger partial charge < -0.3 is 9.88 Å². The van der Waals surface area contributed by atoms with Gasteiger partial charge in [0, 0.05) is 21.4 Å². The molecule has 4 nitrogen and oxygen atoms in total. The molecule has 0 fully saturated rings. The van der Waals surface area contributed by atoms with Gasteiger partial charge in [-0.15, -0.1) is 0 Å². The first-order chi connectivity index (χ1) is 10.6. The molecule has 2 aromatic rings. The number of amides is 1. The van der Waals surface area contributed by atoms with Crippen LogP contribution in [0.4, 0.5) is 0 Å². The first-order valence-corrected chi connectivity index (χ1v) is 8.80. The second-order valence-electron chi connectivity index (χ2n) is 5.47. The van der Waals surface area contributed by atoms with Crippen LogP contribution in [0.25, 0.3) is 0 Å². The minimum atomic E-state index is -0.0928. The summed E-state index contributed by atoms with van der Waals surface area (Å²) in [5, 5.41) is 3.63. The summed E-state index contributed by atoms with van der Waals surface area (Å²) in [6.45, 7) is 3.54. The lowest BCUT2D eigenvalue weighted by atomic mass is 10.1. The Bertz CT molecular complexity index is 726. The Balaban J connectivity index is 1.72. The number of nitrogens with one attached hydrogen (secondary N) is 1. The highest BCUT2D eigenvalue weighted by Crippen LogP contribution is 2.21. The van der Waals surface area contributed by atoms with Crippen molar-refractivity contribution in [3.05, 3.63) is 49.6 Å². The molecule has 1 aliphatic rings. The Morgan fingerprint density at radius 3 is 3.05 bits per heavy atom. The molecule has 1 N–H and O–H groups in total. The summed E-state index contributed by atoms with van der Waals surface area (Å²) >= 11 is 8.12. The van der Waals surface area contributed by atoms with E-state index in [-0.39, 0.29) is 5.91 Å². The van der Waals surface area contributed by atoms with Crippen molar-refractivity contribution in [2.45, 2.75) is 39.3 Å². The Labute approximate surface area is 148 Å². The number of aryl methyl sites for hydroxylation is 1. The number of fused-ring (bicyclic) bond motifs is 1. The molecule has 22 heavy (non-hydrogen) atoms. The molecule has 0 bridgehead atoms. The van der Waals surface area contributed by atoms with Gasteiger partial charge in [0.1, 0.15) is 5.82 Å². The minimum Gasteiger partial charge on any atom is -0.346 e. The van der Waals surface area contributed by atoms with Crippen molar-refractivity contribution in [1.82, 2.24) is 14.9 Å². The van der Waals surface area contributed by atoms with Crippen LogP contribution in [0.5, 0.6) is 0 Å². The molecule has 1 aliphatic heterocycles. The van der Waals surface area contributed by atoms with Crippen molar-refractivity contribution in [3.8, 4) is 0 Å². The SMILES string of the molecule is Cc1nc(CNC(=O)c2ccc(Cl)c(I)c2)c2n1CCCC2. The maximum absolute atomic E-state index is 12.3. The maximum Gasteiger partial charge on any atom is 0.251 e. The van der Waals surface area contributed by atoms with E-state index in [0.29, 0.717) is 17.1 Å². The third-order valence-electron chi connectivity index (χ3n) is 3.99. The summed E-state index contributed by atoms with van der Waals surface area (Å²) in [5.74, 6) is 0.949. The Morgan fingerprint density at radius 1 is 1.45 bits per heavy atom. The van der Waals surface area contributed by atoms with Crippen molar-refractivity contribution in [1.29, 1.82) is 0 Å². The smallest absolute Gasteiger partial charge is 0.251 e. The lowest BCUT2D eigenvalue weighted by Gasteiger charge is -2.16. The average molecular weight is 430 g/mol. The largest absolute Gasteiger partial charge is 0.346 e. The van der Waals surface area contributed by atoms with Crippen molar-refractivity contribution < 1.29 is 4.79 Å². The number of imidazole rings is 1. The highest BCUT2D eigenvalue weighted by Gasteiger charge is 2.18. The van der Waals surface area contributed by atoms with Crippen LogP contribution in [0.1, 0.15) is 40.4 Å². The number of nitrogens with zero attached hydrogens (tertiary/aromatic N) is 2. The predicted molar refractivity (Wildman–Crippen MR) is 95.2 cm³/mol. The average Bonchev–Trinajstić information content (AvgIpc) is 2.84. The molecule has 1 aromatic carbocycles. The summed E-state index contributed by atoms with van der Waals surface area (Å²) in [7, 11) is 0. The van der Waals surface area contributed by atoms with Gasteiger partial charge in [-0.2, -0.15) is 0 Å². The zero-order valence-corrected chi connectivity index (χ0v) is 15.2. The molecule has 2 heterocycles. The highest BCUT2D eigenvalue weighted by atomic mass is 127. The summed E-state index contributed by atoms with van der Waals surface area (Å²) in [6, 6.07) is 5.29. The number of aromatic nitrogens is 2. The standard InChI is InChI=1S/C16H17ClIN3O/c1-10-20-14(15-4-2-3-7-21(10)15)9-19-16(22)11-5-6-12(17)13(18)8-11/h5-6,8H,2-4,7,9H2,1H3,(H,19,22). The van der Waals surface area contributed by atoms with E-state index in [9.17, 15) is 4.79 Å². The lowest BCUT2D eigenvalue weighted by Crippen LogP contribution is -2.24. The van der Waals surface area contributed by atoms with Crippen LogP contribution in [-0.2, 0) is 19.5 Å². The van der Waals surface area contributed by atoms with Crippen LogP contribution < -0.4 is 5.32 Å². The summed E-state index contributed by atoms with van der Waals surface area (Å²) in [5.41, 5.74) is 2.89. The fraction of sp³-hybridized carbons (Fsp3) is 0.375. The predicted octanol–water partition coefficient (Wildman–Crippen LogP) is 3.72. The fourth-order valence-corrected chi connectivity index (χ4v) is 3.49. The minimum absolute atomic E-state index is 0.0928. The molecule has 0 radical (unpaired) electrons. The van der Waals surface area contributed by atoms with E-state index in [2.05, 4.69) is 37.5 Å². The molecule has 0 spiro atoms. The molecular formula is C16H17ClIN3O. The first-order valence-electron chi connectivity index (χ1n) is 7.34. The van der Waals surface area contributed by atoms with Gasteiger partial charge in [-0.05, 0) is 67.0 Å². The van der Waals surface area contributed by atoms with Crippen LogP contribution >= 0.6 is 34.2 Å². The van der Waals surface area contributed by atoms with Crippen LogP contribution in [0.3, 0.4) is 0 Å². The van der Waals surface area contributed by atoms with Gasteiger partial charge in [0.05, 0.1) is 17.3 Å². The molecule has 0 aliphatic carbocycles. The van der Waals surface area contributed by atoms with E-state index in [0.717, 1.165) is 28.1 Å². The number of rotatable bonds is 3. The van der Waals surface area contributed by atoms with Crippen molar-refractivity contribution in [3.63, 3.8) is 0 Å². The molecule has 6 heteroatoms. The normalized spacial score (nSPS) is 13.8. The molecule has 0 saturated heterocycles. The lowest BCUT2D eigenvalue weighted by molar-refractivity contribution is 0.0950. The second-order valence-corrected chi connectivity index (χ2v) is 7.04. The van der Waals surface area contributed by atoms with E-state index >= 15 is 0 Å². The van der Waals surface area contributed by atoms with E-state index < -0.39 is 0 Å². The molecule has 1 aromatic heterocycles. The number of hydrogen-bond donors (Lipinski definition) is 1. The molecule has 3 rings (SSSR count). The van der Waals surface area contributed by atoms with Crippen molar-refractivity contribution in [2.75, 3.05) is 0 Å². The summed E-state index contributed by atoms with van der Waals surface area (Å²) in [4.78, 5) is 16.9. The third kappa shape index (κ3) is 3.15. The quantitative estimate of drug-likeness (QED) is 0.756. The zero-order chi connectivity index (χ0) is 15.7. The van der Waals surface area contributed by atoms with Crippen molar-refractivity contribution >= 4 is 40.1 Å². The number of hydrogen-bond acceptors (Lipinski definition) is 2. The van der Waals surface area contributed by atoms with Gasteiger partial charge in [0.15, 0.2) is 0 Å². The molecule has 0 atom stereocenters. The van der Waals surface area contributed by atoms with Gasteiger partial charge in [0.25, 0.3) is 5.91 Å². The van der Waals surface area contributed by atoms with Gasteiger partial charge in [-0.25, -0.2) is 4.98 Å². The summed E-state index contributed by atoms with van der Waals surface area (Å²) < 4.78 is 3.15. The van der Waals surface area contributed by atoms with Gasteiger partial charge in [0.2, 0.25) is 0 Å². The van der Waals surface area contributed by atoms with E-state index in [1.807, 2.05) is 6.92 Å². The Hall–Kier alpha value is -1.08. The first kappa shape index (κ1) is 15.8. The maximum atomic E-state index is 12.3. The van der Waals surface area contributed by atoms with Crippen LogP contribution in [0, 0.1) is 10.5 Å². The molecule has 116 valence electrons. The van der Waals surface area contributed by atoms with Crippen LogP contribution in [0.2, 0.25) is 5.02 Å². The number of benzene rings is 1. The fourth-order valence-electron chi connectivity index (χ4n) is 2.85. The molecule has 0 saturated carbocycles. The van der Waals surface area contributed by atoms with Gasteiger partial charge >= 0.3 is 0 Å². The number of carbonyl (C=O) groups excluding carboxylic acids is 1. The third-order valence-corrected chi connectivity index (χ3v) is 5.53. The summed E-state index contributed by atoms with van der Waals surface area (Å²) in [6.07, 6.45) is 3.45. The van der Waals surface area contributed by atoms with Gasteiger partial charge in [-0.3, -0.25) is 4.79 Å². The monoisotopic (exact) mass is 429 g/mol. The van der Waals surface area contributed by atoms with Gasteiger partial charge in [-0.1, -0.05) is 11.6 Å². The number of carbonyl (C=O) groups is 1. The molecule has 0 unspecified atom stereocenters. The molecular weight excluding hydrogens is 413 g/mol. The van der Waals surface area contributed by atoms with Crippen LogP contribution in [0.15, 0.2) is 18.2 Å². The zero-order valence-electron chi connectivity index (χ0n) is 12.3. The highest BCUT2D eigenvalue weighted by molar-refractivity contribution is 14.1. The van der Waals surface area contributed by atoms with E-state index in [1.165, 1.54) is 18.5 Å². The topological polar surface area (TPSA) is 46.9 Å². The molecule has 1 amide bonds. The Morgan fingerprint density at radius 2 is 2.27 bits per heavy atom. The van der Waals surface area contributed by atoms with Crippen molar-refractivity contribution in [2.24, 2.45) is 0 Å². The second kappa shape index (κ2) is 6.58. The van der Waals surface area contributed by atoms with E-state index in [1.54, 1.807) is 18.2 Å². The van der Waals surface area contributed by atoms with E-state index in [4.69, 9.17) is 11.6 Å². The van der Waals surface area contributed by atoms with Crippen LogP contribution in [-0.4, -0.2) is 15.5 Å².